The SMILES string of the molecule is CC(C)NC(=O)NCc1ccc(C(=O)OCC(=O)N(C)C(C)C)cc1. The van der Waals surface area contributed by atoms with Crippen LogP contribution in [0.5, 0.6) is 0 Å². The van der Waals surface area contributed by atoms with Crippen molar-refractivity contribution in [3.05, 3.63) is 35.4 Å². The summed E-state index contributed by atoms with van der Waals surface area (Å²) >= 11 is 0. The second kappa shape index (κ2) is 9.66. The molecule has 2 N–H and O–H groups in total. The van der Waals surface area contributed by atoms with Crippen LogP contribution in [0.1, 0.15) is 43.6 Å². The average Bonchev–Trinajstić information content (AvgIpc) is 2.56. The molecule has 0 radical (unpaired) electrons. The van der Waals surface area contributed by atoms with Crippen molar-refractivity contribution >= 4 is 17.9 Å². The van der Waals surface area contributed by atoms with Gasteiger partial charge in [0.1, 0.15) is 0 Å². The third kappa shape index (κ3) is 7.24. The summed E-state index contributed by atoms with van der Waals surface area (Å²) < 4.78 is 5.03. The number of likely N-dealkylation sites (N-methyl/N-ethyl adjacent to an activating group) is 1. The summed E-state index contributed by atoms with van der Waals surface area (Å²) in [7, 11) is 1.66. The summed E-state index contributed by atoms with van der Waals surface area (Å²) in [5.74, 6) is -0.803. The summed E-state index contributed by atoms with van der Waals surface area (Å²) in [6.07, 6.45) is 0. The number of hydrogen-bond acceptors (Lipinski definition) is 4. The Kier molecular flexibility index (Phi) is 7.91. The predicted molar refractivity (Wildman–Crippen MR) is 95.1 cm³/mol. The van der Waals surface area contributed by atoms with Gasteiger partial charge in [-0.2, -0.15) is 0 Å². The molecule has 138 valence electrons. The Morgan fingerprint density at radius 2 is 1.68 bits per heavy atom. The number of rotatable bonds is 7. The number of urea groups is 1. The molecule has 3 amide bonds. The maximum absolute atomic E-state index is 12.0. The zero-order valence-electron chi connectivity index (χ0n) is 15.5. The smallest absolute Gasteiger partial charge is 0.338 e. The van der Waals surface area contributed by atoms with E-state index < -0.39 is 5.97 Å². The minimum absolute atomic E-state index is 0.0471. The standard InChI is InChI=1S/C18H27N3O4/c1-12(2)20-18(24)19-10-14-6-8-15(9-7-14)17(23)25-11-16(22)21(5)13(3)4/h6-9,12-13H,10-11H2,1-5H3,(H2,19,20,24). The van der Waals surface area contributed by atoms with E-state index in [9.17, 15) is 14.4 Å². The highest BCUT2D eigenvalue weighted by Crippen LogP contribution is 2.06. The molecule has 0 aliphatic rings. The summed E-state index contributed by atoms with van der Waals surface area (Å²) in [6, 6.07) is 6.54. The first-order valence-corrected chi connectivity index (χ1v) is 8.26. The number of carbonyl (C=O) groups is 3. The number of nitrogens with zero attached hydrogens (tertiary/aromatic N) is 1. The Hall–Kier alpha value is -2.57. The van der Waals surface area contributed by atoms with Gasteiger partial charge in [-0.05, 0) is 45.4 Å². The number of esters is 1. The molecule has 0 aliphatic heterocycles. The van der Waals surface area contributed by atoms with Crippen LogP contribution in [0.2, 0.25) is 0 Å². The molecule has 1 aromatic rings. The fourth-order valence-corrected chi connectivity index (χ4v) is 1.85. The van der Waals surface area contributed by atoms with E-state index in [1.807, 2.05) is 27.7 Å². The van der Waals surface area contributed by atoms with Gasteiger partial charge in [0.2, 0.25) is 0 Å². The lowest BCUT2D eigenvalue weighted by molar-refractivity contribution is -0.134. The van der Waals surface area contributed by atoms with E-state index in [0.29, 0.717) is 12.1 Å². The number of hydrogen-bond donors (Lipinski definition) is 2. The molecule has 0 aliphatic carbocycles. The maximum atomic E-state index is 12.0. The molecule has 1 rings (SSSR count). The monoisotopic (exact) mass is 349 g/mol. The second-order valence-corrected chi connectivity index (χ2v) is 6.35. The summed E-state index contributed by atoms with van der Waals surface area (Å²) in [4.78, 5) is 36.8. The highest BCUT2D eigenvalue weighted by molar-refractivity contribution is 5.91. The Morgan fingerprint density at radius 3 is 2.20 bits per heavy atom. The van der Waals surface area contributed by atoms with Crippen molar-refractivity contribution in [3.63, 3.8) is 0 Å². The predicted octanol–water partition coefficient (Wildman–Crippen LogP) is 1.92. The molecule has 0 saturated heterocycles. The molecule has 0 bridgehead atoms. The number of benzene rings is 1. The Bertz CT molecular complexity index is 597. The van der Waals surface area contributed by atoms with E-state index >= 15 is 0 Å². The molecule has 0 spiro atoms. The number of carbonyl (C=O) groups excluding carboxylic acids is 3. The molecule has 0 saturated carbocycles. The van der Waals surface area contributed by atoms with E-state index in [-0.39, 0.29) is 30.6 Å². The van der Waals surface area contributed by atoms with Crippen LogP contribution in [0.15, 0.2) is 24.3 Å². The van der Waals surface area contributed by atoms with Gasteiger partial charge in [-0.1, -0.05) is 12.1 Å². The van der Waals surface area contributed by atoms with Gasteiger partial charge in [-0.25, -0.2) is 9.59 Å². The quantitative estimate of drug-likeness (QED) is 0.736. The molecular weight excluding hydrogens is 322 g/mol. The Labute approximate surface area is 148 Å². The fourth-order valence-electron chi connectivity index (χ4n) is 1.85. The third-order valence-corrected chi connectivity index (χ3v) is 3.56. The van der Waals surface area contributed by atoms with Crippen LogP contribution in [0.4, 0.5) is 4.79 Å². The van der Waals surface area contributed by atoms with Gasteiger partial charge < -0.3 is 20.3 Å². The topological polar surface area (TPSA) is 87.7 Å². The van der Waals surface area contributed by atoms with Crippen LogP contribution in [0.25, 0.3) is 0 Å². The minimum atomic E-state index is -0.553. The van der Waals surface area contributed by atoms with Crippen LogP contribution in [-0.4, -0.2) is 48.5 Å². The molecule has 1 aromatic carbocycles. The van der Waals surface area contributed by atoms with Crippen molar-refractivity contribution in [2.24, 2.45) is 0 Å². The average molecular weight is 349 g/mol. The number of nitrogens with one attached hydrogen (secondary N) is 2. The van der Waals surface area contributed by atoms with Gasteiger partial charge >= 0.3 is 12.0 Å². The minimum Gasteiger partial charge on any atom is -0.452 e. The second-order valence-electron chi connectivity index (χ2n) is 6.35. The van der Waals surface area contributed by atoms with E-state index in [1.165, 1.54) is 4.90 Å². The summed E-state index contributed by atoms with van der Waals surface area (Å²) in [5.41, 5.74) is 1.21. The van der Waals surface area contributed by atoms with Crippen molar-refractivity contribution in [2.75, 3.05) is 13.7 Å². The lowest BCUT2D eigenvalue weighted by Gasteiger charge is -2.21. The Morgan fingerprint density at radius 1 is 1.08 bits per heavy atom. The molecule has 0 unspecified atom stereocenters. The first-order valence-electron chi connectivity index (χ1n) is 8.26. The molecule has 25 heavy (non-hydrogen) atoms. The van der Waals surface area contributed by atoms with Crippen molar-refractivity contribution < 1.29 is 19.1 Å². The van der Waals surface area contributed by atoms with E-state index in [2.05, 4.69) is 10.6 Å². The summed E-state index contributed by atoms with van der Waals surface area (Å²) in [5, 5.41) is 5.45. The fraction of sp³-hybridized carbons (Fsp3) is 0.500. The van der Waals surface area contributed by atoms with E-state index in [1.54, 1.807) is 31.3 Å². The zero-order chi connectivity index (χ0) is 19.0. The lowest BCUT2D eigenvalue weighted by atomic mass is 10.1. The maximum Gasteiger partial charge on any atom is 0.338 e. The van der Waals surface area contributed by atoms with E-state index in [0.717, 1.165) is 5.56 Å². The normalized spacial score (nSPS) is 10.5. The largest absolute Gasteiger partial charge is 0.452 e. The van der Waals surface area contributed by atoms with Crippen molar-refractivity contribution in [1.82, 2.24) is 15.5 Å². The Balaban J connectivity index is 2.48. The lowest BCUT2D eigenvalue weighted by Crippen LogP contribution is -2.39. The number of amides is 3. The van der Waals surface area contributed by atoms with Crippen molar-refractivity contribution in [2.45, 2.75) is 46.3 Å². The first kappa shape index (κ1) is 20.5. The van der Waals surface area contributed by atoms with E-state index in [4.69, 9.17) is 4.74 Å². The molecule has 0 heterocycles. The van der Waals surface area contributed by atoms with Crippen LogP contribution in [0, 0.1) is 0 Å². The van der Waals surface area contributed by atoms with Gasteiger partial charge in [0.25, 0.3) is 5.91 Å². The van der Waals surface area contributed by atoms with Gasteiger partial charge in [0, 0.05) is 25.7 Å². The molecule has 7 heteroatoms. The molecule has 0 fully saturated rings. The third-order valence-electron chi connectivity index (χ3n) is 3.56. The van der Waals surface area contributed by atoms with Crippen LogP contribution in [0.3, 0.4) is 0 Å². The highest BCUT2D eigenvalue weighted by atomic mass is 16.5. The van der Waals surface area contributed by atoms with Gasteiger partial charge in [0.05, 0.1) is 5.56 Å². The zero-order valence-corrected chi connectivity index (χ0v) is 15.5. The highest BCUT2D eigenvalue weighted by Gasteiger charge is 2.15. The van der Waals surface area contributed by atoms with Crippen LogP contribution < -0.4 is 10.6 Å². The first-order chi connectivity index (χ1) is 11.7. The van der Waals surface area contributed by atoms with Gasteiger partial charge in [-0.3, -0.25) is 4.79 Å². The van der Waals surface area contributed by atoms with Gasteiger partial charge in [0.15, 0.2) is 6.61 Å². The molecule has 0 atom stereocenters. The van der Waals surface area contributed by atoms with Crippen LogP contribution in [-0.2, 0) is 16.1 Å². The van der Waals surface area contributed by atoms with Crippen LogP contribution >= 0.6 is 0 Å². The molecule has 0 aromatic heterocycles. The van der Waals surface area contributed by atoms with Crippen molar-refractivity contribution in [1.29, 1.82) is 0 Å². The van der Waals surface area contributed by atoms with Gasteiger partial charge in [-0.15, -0.1) is 0 Å². The summed E-state index contributed by atoms with van der Waals surface area (Å²) in [6.45, 7) is 7.59. The number of ether oxygens (including phenoxy) is 1. The molecule has 7 nitrogen and oxygen atoms in total. The van der Waals surface area contributed by atoms with Crippen molar-refractivity contribution in [3.8, 4) is 0 Å². The molecular formula is C18H27N3O4.